The molecule has 0 aliphatic carbocycles. The van der Waals surface area contributed by atoms with Crippen LogP contribution in [0.25, 0.3) is 16.3 Å². The van der Waals surface area contributed by atoms with Gasteiger partial charge in [0.1, 0.15) is 12.4 Å². The number of ether oxygens (including phenoxy) is 1. The number of hydrogen-bond acceptors (Lipinski definition) is 1. The Morgan fingerprint density at radius 2 is 1.68 bits per heavy atom. The second kappa shape index (κ2) is 7.15. The first-order chi connectivity index (χ1) is 13.5. The number of pyridine rings is 2. The van der Waals surface area contributed by atoms with Gasteiger partial charge in [0.15, 0.2) is 6.20 Å². The van der Waals surface area contributed by atoms with Gasteiger partial charge in [-0.3, -0.25) is 0 Å². The highest BCUT2D eigenvalue weighted by atomic mass is 19.4. The van der Waals surface area contributed by atoms with Crippen LogP contribution in [0, 0.1) is 0 Å². The van der Waals surface area contributed by atoms with E-state index in [1.165, 1.54) is 4.40 Å². The number of rotatable bonds is 4. The van der Waals surface area contributed by atoms with Crippen LogP contribution >= 0.6 is 0 Å². The maximum Gasteiger partial charge on any atom is 0.477 e. The SMILES string of the molecule is CCc1ccc(C(F)(F)F)[n+]2cc3ccc(OCc4ccccc4)cc3cc12. The van der Waals surface area contributed by atoms with Crippen LogP contribution in [0.4, 0.5) is 13.2 Å². The summed E-state index contributed by atoms with van der Waals surface area (Å²) in [5, 5.41) is 1.57. The zero-order valence-electron chi connectivity index (χ0n) is 15.3. The van der Waals surface area contributed by atoms with Crippen LogP contribution in [0.3, 0.4) is 0 Å². The molecular weight excluding hydrogens is 363 g/mol. The Labute approximate surface area is 160 Å². The highest BCUT2D eigenvalue weighted by Gasteiger charge is 2.40. The molecule has 0 aliphatic heterocycles. The van der Waals surface area contributed by atoms with Crippen LogP contribution < -0.4 is 9.14 Å². The van der Waals surface area contributed by atoms with Crippen LogP contribution in [-0.4, -0.2) is 0 Å². The van der Waals surface area contributed by atoms with Crippen LogP contribution in [0.1, 0.15) is 23.7 Å². The summed E-state index contributed by atoms with van der Waals surface area (Å²) in [4.78, 5) is 0. The van der Waals surface area contributed by atoms with Gasteiger partial charge >= 0.3 is 6.18 Å². The van der Waals surface area contributed by atoms with Gasteiger partial charge in [-0.2, -0.15) is 17.6 Å². The molecule has 0 fully saturated rings. The van der Waals surface area contributed by atoms with Crippen molar-refractivity contribution in [1.82, 2.24) is 0 Å². The second-order valence-corrected chi connectivity index (χ2v) is 6.69. The molecule has 142 valence electrons. The fraction of sp³-hybridized carbons (Fsp3) is 0.174. The molecule has 4 rings (SSSR count). The fourth-order valence-corrected chi connectivity index (χ4v) is 3.37. The van der Waals surface area contributed by atoms with Crippen LogP contribution in [-0.2, 0) is 19.2 Å². The smallest absolute Gasteiger partial charge is 0.477 e. The molecule has 2 aromatic carbocycles. The van der Waals surface area contributed by atoms with E-state index < -0.39 is 11.9 Å². The average molecular weight is 382 g/mol. The minimum atomic E-state index is -4.42. The topological polar surface area (TPSA) is 13.3 Å². The lowest BCUT2D eigenvalue weighted by atomic mass is 10.1. The molecule has 0 bridgehead atoms. The van der Waals surface area contributed by atoms with E-state index in [-0.39, 0.29) is 0 Å². The minimum Gasteiger partial charge on any atom is -0.489 e. The molecule has 28 heavy (non-hydrogen) atoms. The standard InChI is InChI=1S/C23H19F3NO/c1-2-17-9-11-22(23(24,25)26)27-14-18-8-10-20(12-19(18)13-21(17)27)28-15-16-6-4-3-5-7-16/h3-14H,2,15H2,1H3/q+1. The molecule has 2 aromatic heterocycles. The van der Waals surface area contributed by atoms with Crippen molar-refractivity contribution in [1.29, 1.82) is 0 Å². The Bertz CT molecular complexity index is 1140. The van der Waals surface area contributed by atoms with E-state index in [1.807, 2.05) is 43.3 Å². The molecule has 2 nitrogen and oxygen atoms in total. The van der Waals surface area contributed by atoms with E-state index in [0.717, 1.165) is 28.0 Å². The summed E-state index contributed by atoms with van der Waals surface area (Å²) in [6.45, 7) is 2.37. The van der Waals surface area contributed by atoms with Gasteiger partial charge in [-0.15, -0.1) is 0 Å². The summed E-state index contributed by atoms with van der Waals surface area (Å²) in [5.41, 5.74) is 1.81. The zero-order valence-corrected chi connectivity index (χ0v) is 15.3. The van der Waals surface area contributed by atoms with Crippen molar-refractivity contribution in [2.75, 3.05) is 0 Å². The third-order valence-electron chi connectivity index (χ3n) is 4.83. The predicted molar refractivity (Wildman–Crippen MR) is 102 cm³/mol. The summed E-state index contributed by atoms with van der Waals surface area (Å²) in [5.74, 6) is 0.686. The molecule has 0 N–H and O–H groups in total. The minimum absolute atomic E-state index is 0.438. The monoisotopic (exact) mass is 382 g/mol. The van der Waals surface area contributed by atoms with E-state index in [1.54, 1.807) is 30.5 Å². The lowest BCUT2D eigenvalue weighted by molar-refractivity contribution is -0.541. The summed E-state index contributed by atoms with van der Waals surface area (Å²) < 4.78 is 47.4. The Hall–Kier alpha value is -3.08. The van der Waals surface area contributed by atoms with Gasteiger partial charge in [-0.25, -0.2) is 0 Å². The largest absolute Gasteiger partial charge is 0.489 e. The number of aromatic nitrogens is 1. The van der Waals surface area contributed by atoms with Gasteiger partial charge in [0.05, 0.1) is 0 Å². The average Bonchev–Trinajstić information content (AvgIpc) is 2.69. The van der Waals surface area contributed by atoms with E-state index in [2.05, 4.69) is 0 Å². The van der Waals surface area contributed by atoms with E-state index in [9.17, 15) is 13.2 Å². The highest BCUT2D eigenvalue weighted by Crippen LogP contribution is 2.29. The van der Waals surface area contributed by atoms with Gasteiger partial charge < -0.3 is 4.74 Å². The summed E-state index contributed by atoms with van der Waals surface area (Å²) in [6, 6.07) is 19.8. The molecule has 2 heterocycles. The predicted octanol–water partition coefficient (Wildman–Crippen LogP) is 5.74. The molecule has 0 radical (unpaired) electrons. The Kier molecular flexibility index (Phi) is 4.67. The molecule has 0 saturated heterocycles. The third kappa shape index (κ3) is 3.52. The summed E-state index contributed by atoms with van der Waals surface area (Å²) in [7, 11) is 0. The lowest BCUT2D eigenvalue weighted by Crippen LogP contribution is -2.33. The summed E-state index contributed by atoms with van der Waals surface area (Å²) in [6.07, 6.45) is -2.22. The molecule has 0 aliphatic rings. The third-order valence-corrected chi connectivity index (χ3v) is 4.83. The van der Waals surface area contributed by atoms with Gasteiger partial charge in [0.25, 0.3) is 5.69 Å². The number of benzene rings is 2. The van der Waals surface area contributed by atoms with Crippen molar-refractivity contribution >= 4 is 16.3 Å². The highest BCUT2D eigenvalue weighted by molar-refractivity contribution is 5.85. The maximum absolute atomic E-state index is 13.4. The van der Waals surface area contributed by atoms with Crippen molar-refractivity contribution in [3.8, 4) is 5.75 Å². The first-order valence-electron chi connectivity index (χ1n) is 9.10. The van der Waals surface area contributed by atoms with Gasteiger partial charge in [-0.1, -0.05) is 37.3 Å². The van der Waals surface area contributed by atoms with Crippen molar-refractivity contribution in [2.45, 2.75) is 26.1 Å². The molecule has 0 spiro atoms. The van der Waals surface area contributed by atoms with Crippen LogP contribution in [0.5, 0.6) is 5.75 Å². The van der Waals surface area contributed by atoms with E-state index >= 15 is 0 Å². The van der Waals surface area contributed by atoms with E-state index in [0.29, 0.717) is 24.3 Å². The lowest BCUT2D eigenvalue weighted by Gasteiger charge is -2.09. The van der Waals surface area contributed by atoms with E-state index in [4.69, 9.17) is 4.74 Å². The number of fused-ring (bicyclic) bond motifs is 2. The molecular formula is C23H19F3NO+. The second-order valence-electron chi connectivity index (χ2n) is 6.69. The quantitative estimate of drug-likeness (QED) is 0.324. The van der Waals surface area contributed by atoms with Gasteiger partial charge in [-0.05, 0) is 41.6 Å². The van der Waals surface area contributed by atoms with Crippen LogP contribution in [0.2, 0.25) is 0 Å². The normalized spacial score (nSPS) is 11.9. The molecule has 0 amide bonds. The number of hydrogen-bond donors (Lipinski definition) is 0. The molecule has 0 unspecified atom stereocenters. The number of halogens is 3. The maximum atomic E-state index is 13.4. The number of alkyl halides is 3. The Morgan fingerprint density at radius 3 is 2.39 bits per heavy atom. The molecule has 5 heteroatoms. The first-order valence-corrected chi connectivity index (χ1v) is 9.10. The van der Waals surface area contributed by atoms with Gasteiger partial charge in [0.2, 0.25) is 5.52 Å². The van der Waals surface area contributed by atoms with Crippen molar-refractivity contribution in [3.63, 3.8) is 0 Å². The molecule has 0 saturated carbocycles. The number of aryl methyl sites for hydroxylation is 1. The summed E-state index contributed by atoms with van der Waals surface area (Å²) >= 11 is 0. The van der Waals surface area contributed by atoms with Gasteiger partial charge in [0, 0.05) is 23.1 Å². The Balaban J connectivity index is 1.78. The van der Waals surface area contributed by atoms with Crippen LogP contribution in [0.15, 0.2) is 72.9 Å². The van der Waals surface area contributed by atoms with Crippen molar-refractivity contribution < 1.29 is 22.3 Å². The first kappa shape index (κ1) is 18.3. The fourth-order valence-electron chi connectivity index (χ4n) is 3.37. The van der Waals surface area contributed by atoms with Crippen molar-refractivity contribution in [2.24, 2.45) is 0 Å². The van der Waals surface area contributed by atoms with Crippen molar-refractivity contribution in [3.05, 3.63) is 89.7 Å². The molecule has 4 aromatic rings. The number of nitrogens with zero attached hydrogens (tertiary/aromatic N) is 1. The molecule has 0 atom stereocenters. The zero-order chi connectivity index (χ0) is 19.7. The Morgan fingerprint density at radius 1 is 0.893 bits per heavy atom.